The third-order valence-corrected chi connectivity index (χ3v) is 3.00. The van der Waals surface area contributed by atoms with Gasteiger partial charge in [0.25, 0.3) is 17.6 Å². The predicted octanol–water partition coefficient (Wildman–Crippen LogP) is 2.14. The molecule has 1 aromatic carbocycles. The lowest BCUT2D eigenvalue weighted by Crippen LogP contribution is -2.22. The molecular formula is C14H13N3O3. The van der Waals surface area contributed by atoms with Crippen molar-refractivity contribution in [2.45, 2.75) is 13.8 Å². The van der Waals surface area contributed by atoms with E-state index in [9.17, 15) is 9.90 Å². The Kier molecular flexibility index (Phi) is 2.78. The molecular weight excluding hydrogens is 258 g/mol. The molecule has 0 unspecified atom stereocenters. The zero-order valence-corrected chi connectivity index (χ0v) is 11.1. The van der Waals surface area contributed by atoms with Crippen LogP contribution < -0.4 is 5.32 Å². The summed E-state index contributed by atoms with van der Waals surface area (Å²) in [5.41, 5.74) is 2.80. The second-order valence-electron chi connectivity index (χ2n) is 4.51. The highest BCUT2D eigenvalue weighted by atomic mass is 16.5. The maximum atomic E-state index is 11.9. The highest BCUT2D eigenvalue weighted by Gasteiger charge is 2.23. The SMILES string of the molecule is CCNC(=O)c1c(O)oc2nc3ccc(C)cc3nc12. The predicted molar refractivity (Wildman–Crippen MR) is 73.7 cm³/mol. The first-order valence-corrected chi connectivity index (χ1v) is 6.28. The van der Waals surface area contributed by atoms with Crippen molar-refractivity contribution in [3.8, 4) is 5.95 Å². The monoisotopic (exact) mass is 271 g/mol. The Balaban J connectivity index is 2.30. The molecule has 2 N–H and O–H groups in total. The number of rotatable bonds is 2. The van der Waals surface area contributed by atoms with Crippen molar-refractivity contribution in [1.29, 1.82) is 0 Å². The zero-order valence-electron chi connectivity index (χ0n) is 11.1. The molecule has 20 heavy (non-hydrogen) atoms. The third kappa shape index (κ3) is 1.85. The molecule has 3 rings (SSSR count). The van der Waals surface area contributed by atoms with Crippen LogP contribution in [0.4, 0.5) is 0 Å². The van der Waals surface area contributed by atoms with Crippen molar-refractivity contribution in [1.82, 2.24) is 15.3 Å². The average molecular weight is 271 g/mol. The van der Waals surface area contributed by atoms with E-state index < -0.39 is 11.9 Å². The van der Waals surface area contributed by atoms with E-state index in [1.165, 1.54) is 0 Å². The van der Waals surface area contributed by atoms with Crippen molar-refractivity contribution in [2.24, 2.45) is 0 Å². The summed E-state index contributed by atoms with van der Waals surface area (Å²) in [4.78, 5) is 20.6. The van der Waals surface area contributed by atoms with Crippen LogP contribution in [0.25, 0.3) is 22.3 Å². The number of amides is 1. The number of hydrogen-bond acceptors (Lipinski definition) is 5. The van der Waals surface area contributed by atoms with Gasteiger partial charge >= 0.3 is 0 Å². The molecule has 102 valence electrons. The minimum Gasteiger partial charge on any atom is -0.480 e. The fourth-order valence-electron chi connectivity index (χ4n) is 2.08. The van der Waals surface area contributed by atoms with Crippen LogP contribution in [0.2, 0.25) is 0 Å². The summed E-state index contributed by atoms with van der Waals surface area (Å²) in [5.74, 6) is -0.886. The highest BCUT2D eigenvalue weighted by molar-refractivity contribution is 6.07. The topological polar surface area (TPSA) is 88.2 Å². The Bertz CT molecular complexity index is 823. The van der Waals surface area contributed by atoms with Crippen LogP contribution in [0.3, 0.4) is 0 Å². The van der Waals surface area contributed by atoms with Gasteiger partial charge in [-0.05, 0) is 31.5 Å². The summed E-state index contributed by atoms with van der Waals surface area (Å²) < 4.78 is 5.13. The minimum absolute atomic E-state index is 0.0257. The molecule has 0 radical (unpaired) electrons. The third-order valence-electron chi connectivity index (χ3n) is 3.00. The number of nitrogens with zero attached hydrogens (tertiary/aromatic N) is 2. The number of aromatic hydroxyl groups is 1. The standard InChI is InChI=1S/C14H13N3O3/c1-3-15-12(18)10-11-13(20-14(10)19)17-8-5-4-7(2)6-9(8)16-11/h4-6,19H,3H2,1-2H3,(H,15,18). The van der Waals surface area contributed by atoms with Gasteiger partial charge in [-0.15, -0.1) is 0 Å². The molecule has 0 aliphatic heterocycles. The molecule has 2 aromatic heterocycles. The molecule has 0 saturated heterocycles. The number of hydrogen-bond donors (Lipinski definition) is 2. The Morgan fingerprint density at radius 3 is 2.90 bits per heavy atom. The molecule has 0 atom stereocenters. The quantitative estimate of drug-likeness (QED) is 0.745. The van der Waals surface area contributed by atoms with E-state index in [1.807, 2.05) is 25.1 Å². The summed E-state index contributed by atoms with van der Waals surface area (Å²) in [6.07, 6.45) is 0. The fraction of sp³-hybridized carbons (Fsp3) is 0.214. The van der Waals surface area contributed by atoms with Crippen LogP contribution in [0, 0.1) is 6.92 Å². The smallest absolute Gasteiger partial charge is 0.299 e. The van der Waals surface area contributed by atoms with Gasteiger partial charge in [0.2, 0.25) is 0 Å². The van der Waals surface area contributed by atoms with Crippen molar-refractivity contribution >= 4 is 28.2 Å². The molecule has 6 heteroatoms. The van der Waals surface area contributed by atoms with Gasteiger partial charge in [0.1, 0.15) is 5.52 Å². The summed E-state index contributed by atoms with van der Waals surface area (Å²) in [6.45, 7) is 4.19. The van der Waals surface area contributed by atoms with Gasteiger partial charge in [-0.25, -0.2) is 9.97 Å². The van der Waals surface area contributed by atoms with Crippen LogP contribution >= 0.6 is 0 Å². The van der Waals surface area contributed by atoms with Crippen LogP contribution in [0.5, 0.6) is 5.95 Å². The molecule has 0 fully saturated rings. The normalized spacial score (nSPS) is 11.1. The summed E-state index contributed by atoms with van der Waals surface area (Å²) in [6, 6.07) is 5.60. The molecule has 6 nitrogen and oxygen atoms in total. The lowest BCUT2D eigenvalue weighted by Gasteiger charge is -2.00. The first-order valence-electron chi connectivity index (χ1n) is 6.28. The van der Waals surface area contributed by atoms with Gasteiger partial charge in [-0.3, -0.25) is 4.79 Å². The maximum absolute atomic E-state index is 11.9. The zero-order chi connectivity index (χ0) is 14.3. The lowest BCUT2D eigenvalue weighted by atomic mass is 10.2. The largest absolute Gasteiger partial charge is 0.480 e. The van der Waals surface area contributed by atoms with Crippen molar-refractivity contribution < 1.29 is 14.3 Å². The summed E-state index contributed by atoms with van der Waals surface area (Å²) in [7, 11) is 0. The molecule has 0 aliphatic carbocycles. The van der Waals surface area contributed by atoms with Gasteiger partial charge < -0.3 is 14.8 Å². The molecule has 1 amide bonds. The molecule has 0 aliphatic rings. The molecule has 0 saturated carbocycles. The van der Waals surface area contributed by atoms with Crippen molar-refractivity contribution in [3.63, 3.8) is 0 Å². The van der Waals surface area contributed by atoms with Crippen LogP contribution in [0.1, 0.15) is 22.8 Å². The number of carbonyl (C=O) groups excluding carboxylic acids is 1. The Morgan fingerprint density at radius 1 is 1.35 bits per heavy atom. The van der Waals surface area contributed by atoms with E-state index in [0.29, 0.717) is 17.6 Å². The van der Waals surface area contributed by atoms with E-state index in [4.69, 9.17) is 4.42 Å². The second kappa shape index (κ2) is 4.48. The first kappa shape index (κ1) is 12.4. The molecule has 0 bridgehead atoms. The Hall–Kier alpha value is -2.63. The van der Waals surface area contributed by atoms with Crippen molar-refractivity contribution in [2.75, 3.05) is 6.54 Å². The van der Waals surface area contributed by atoms with Gasteiger partial charge in [0, 0.05) is 6.54 Å². The number of nitrogens with one attached hydrogen (secondary N) is 1. The minimum atomic E-state index is -0.460. The number of furan rings is 1. The molecule has 3 aromatic rings. The van der Waals surface area contributed by atoms with Gasteiger partial charge in [-0.1, -0.05) is 6.07 Å². The number of aromatic nitrogens is 2. The number of carbonyl (C=O) groups is 1. The summed E-state index contributed by atoms with van der Waals surface area (Å²) >= 11 is 0. The summed E-state index contributed by atoms with van der Waals surface area (Å²) in [5, 5.41) is 12.4. The maximum Gasteiger partial charge on any atom is 0.299 e. The van der Waals surface area contributed by atoms with Gasteiger partial charge in [0.05, 0.1) is 11.0 Å². The van der Waals surface area contributed by atoms with Gasteiger partial charge in [0.15, 0.2) is 5.56 Å². The van der Waals surface area contributed by atoms with Crippen LogP contribution in [0.15, 0.2) is 22.6 Å². The highest BCUT2D eigenvalue weighted by Crippen LogP contribution is 2.29. The number of benzene rings is 1. The van der Waals surface area contributed by atoms with Gasteiger partial charge in [-0.2, -0.15) is 0 Å². The number of aryl methyl sites for hydroxylation is 1. The molecule has 0 spiro atoms. The van der Waals surface area contributed by atoms with E-state index in [1.54, 1.807) is 6.92 Å². The second-order valence-corrected chi connectivity index (χ2v) is 4.51. The average Bonchev–Trinajstić information content (AvgIpc) is 2.71. The van der Waals surface area contributed by atoms with E-state index in [-0.39, 0.29) is 16.8 Å². The number of fused-ring (bicyclic) bond motifs is 2. The van der Waals surface area contributed by atoms with E-state index in [0.717, 1.165) is 5.56 Å². The molecule has 2 heterocycles. The fourth-order valence-corrected chi connectivity index (χ4v) is 2.08. The van der Waals surface area contributed by atoms with Crippen LogP contribution in [-0.2, 0) is 0 Å². The lowest BCUT2D eigenvalue weighted by molar-refractivity contribution is 0.0952. The Morgan fingerprint density at radius 2 is 2.15 bits per heavy atom. The first-order chi connectivity index (χ1) is 9.60. The van der Waals surface area contributed by atoms with Crippen molar-refractivity contribution in [3.05, 3.63) is 29.3 Å². The Labute approximate surface area is 114 Å². The van der Waals surface area contributed by atoms with E-state index >= 15 is 0 Å². The van der Waals surface area contributed by atoms with Crippen LogP contribution in [-0.4, -0.2) is 27.5 Å². The van der Waals surface area contributed by atoms with E-state index in [2.05, 4.69) is 15.3 Å².